The molecule has 2 rings (SSSR count). The van der Waals surface area contributed by atoms with Gasteiger partial charge in [0.05, 0.1) is 23.8 Å². The zero-order chi connectivity index (χ0) is 19.0. The summed E-state index contributed by atoms with van der Waals surface area (Å²) in [5.74, 6) is -2.19. The summed E-state index contributed by atoms with van der Waals surface area (Å²) in [4.78, 5) is 26.7. The van der Waals surface area contributed by atoms with Crippen molar-refractivity contribution in [1.82, 2.24) is 20.1 Å². The van der Waals surface area contributed by atoms with Crippen LogP contribution in [0, 0.1) is 0 Å². The molecule has 2 N–H and O–H groups in total. The van der Waals surface area contributed by atoms with E-state index in [1.807, 2.05) is 0 Å². The van der Waals surface area contributed by atoms with Crippen molar-refractivity contribution in [1.29, 1.82) is 0 Å². The highest BCUT2D eigenvalue weighted by molar-refractivity contribution is 7.09. The van der Waals surface area contributed by atoms with E-state index in [9.17, 15) is 22.8 Å². The molecule has 136 valence electrons. The molecule has 0 aliphatic rings. The number of carbonyl (C=O) groups is 2. The number of nitrogens with one attached hydrogen (secondary N) is 1. The van der Waals surface area contributed by atoms with Crippen LogP contribution in [-0.2, 0) is 18.3 Å². The average Bonchev–Trinajstić information content (AvgIpc) is 3.10. The Hall–Kier alpha value is -2.43. The molecule has 0 spiro atoms. The Kier molecular flexibility index (Phi) is 4.89. The number of nitrogens with zero attached hydrogens (tertiary/aromatic N) is 3. The molecule has 0 unspecified atom stereocenters. The fraction of sp³-hybridized carbons (Fsp3) is 0.429. The standard InChI is InChI=1S/C14H15F3N4O3S/c1-13(2,3)21-10(14(15,16)17)7(4-19-21)11(22)18-5-9-20-8(6-25-9)12(23)24/h4,6H,5H2,1-3H3,(H,18,22)(H,23,24). The van der Waals surface area contributed by atoms with Gasteiger partial charge in [-0.1, -0.05) is 0 Å². The molecular formula is C14H15F3N4O3S. The number of amides is 1. The number of thiazole rings is 1. The molecule has 11 heteroatoms. The first-order chi connectivity index (χ1) is 11.4. The summed E-state index contributed by atoms with van der Waals surface area (Å²) >= 11 is 0.985. The van der Waals surface area contributed by atoms with E-state index in [1.54, 1.807) is 20.8 Å². The second-order valence-electron chi connectivity index (χ2n) is 6.10. The van der Waals surface area contributed by atoms with Crippen LogP contribution < -0.4 is 5.32 Å². The zero-order valence-corrected chi connectivity index (χ0v) is 14.3. The second-order valence-corrected chi connectivity index (χ2v) is 7.04. The van der Waals surface area contributed by atoms with Gasteiger partial charge in [0, 0.05) is 5.38 Å². The Morgan fingerprint density at radius 3 is 2.44 bits per heavy atom. The van der Waals surface area contributed by atoms with Crippen LogP contribution in [0.5, 0.6) is 0 Å². The summed E-state index contributed by atoms with van der Waals surface area (Å²) in [5.41, 5.74) is -2.89. The minimum absolute atomic E-state index is 0.186. The predicted octanol–water partition coefficient (Wildman–Crippen LogP) is 2.74. The third-order valence-electron chi connectivity index (χ3n) is 3.09. The van der Waals surface area contributed by atoms with E-state index in [0.717, 1.165) is 22.2 Å². The molecule has 0 fully saturated rings. The highest BCUT2D eigenvalue weighted by atomic mass is 32.1. The number of carbonyl (C=O) groups excluding carboxylic acids is 1. The highest BCUT2D eigenvalue weighted by Crippen LogP contribution is 2.34. The molecule has 1 amide bonds. The Bertz CT molecular complexity index is 805. The Labute approximate surface area is 144 Å². The third kappa shape index (κ3) is 4.16. The first kappa shape index (κ1) is 18.9. The average molecular weight is 376 g/mol. The lowest BCUT2D eigenvalue weighted by Crippen LogP contribution is -2.31. The molecule has 25 heavy (non-hydrogen) atoms. The van der Waals surface area contributed by atoms with E-state index >= 15 is 0 Å². The number of hydrogen-bond donors (Lipinski definition) is 2. The maximum Gasteiger partial charge on any atom is 0.433 e. The van der Waals surface area contributed by atoms with E-state index in [4.69, 9.17) is 5.11 Å². The van der Waals surface area contributed by atoms with Crippen LogP contribution in [0.15, 0.2) is 11.6 Å². The molecule has 0 aliphatic carbocycles. The minimum atomic E-state index is -4.76. The van der Waals surface area contributed by atoms with E-state index < -0.39 is 34.8 Å². The highest BCUT2D eigenvalue weighted by Gasteiger charge is 2.42. The van der Waals surface area contributed by atoms with E-state index in [1.165, 1.54) is 5.38 Å². The summed E-state index contributed by atoms with van der Waals surface area (Å²) in [6.07, 6.45) is -3.89. The summed E-state index contributed by atoms with van der Waals surface area (Å²) in [6, 6.07) is 0. The smallest absolute Gasteiger partial charge is 0.433 e. The lowest BCUT2D eigenvalue weighted by atomic mass is 10.1. The van der Waals surface area contributed by atoms with Gasteiger partial charge in [-0.2, -0.15) is 18.3 Å². The van der Waals surface area contributed by atoms with Gasteiger partial charge in [-0.05, 0) is 20.8 Å². The van der Waals surface area contributed by atoms with Gasteiger partial charge in [-0.25, -0.2) is 9.78 Å². The van der Waals surface area contributed by atoms with E-state index in [2.05, 4.69) is 15.4 Å². The quantitative estimate of drug-likeness (QED) is 0.855. The normalized spacial score (nSPS) is 12.2. The molecule has 0 saturated heterocycles. The van der Waals surface area contributed by atoms with Gasteiger partial charge in [0.25, 0.3) is 5.91 Å². The summed E-state index contributed by atoms with van der Waals surface area (Å²) < 4.78 is 40.9. The van der Waals surface area contributed by atoms with Crippen LogP contribution in [0.1, 0.15) is 52.3 Å². The first-order valence-corrected chi connectivity index (χ1v) is 7.91. The van der Waals surface area contributed by atoms with Crippen molar-refractivity contribution in [3.63, 3.8) is 0 Å². The SMILES string of the molecule is CC(C)(C)n1ncc(C(=O)NCc2nc(C(=O)O)cs2)c1C(F)(F)F. The number of halogens is 3. The largest absolute Gasteiger partial charge is 0.476 e. The third-order valence-corrected chi connectivity index (χ3v) is 3.94. The Morgan fingerprint density at radius 1 is 1.32 bits per heavy atom. The first-order valence-electron chi connectivity index (χ1n) is 7.03. The molecule has 0 radical (unpaired) electrons. The Balaban J connectivity index is 2.24. The molecular weight excluding hydrogens is 361 g/mol. The number of aromatic nitrogens is 3. The van der Waals surface area contributed by atoms with Gasteiger partial charge in [0.2, 0.25) is 0 Å². The van der Waals surface area contributed by atoms with Gasteiger partial charge in [-0.3, -0.25) is 9.48 Å². The number of aromatic carboxylic acids is 1. The van der Waals surface area contributed by atoms with Crippen molar-refractivity contribution < 1.29 is 27.9 Å². The number of rotatable bonds is 4. The van der Waals surface area contributed by atoms with Crippen molar-refractivity contribution in [2.75, 3.05) is 0 Å². The summed E-state index contributed by atoms with van der Waals surface area (Å²) in [5, 5.41) is 16.3. The molecule has 0 atom stereocenters. The van der Waals surface area contributed by atoms with Crippen LogP contribution in [0.2, 0.25) is 0 Å². The maximum absolute atomic E-state index is 13.4. The topological polar surface area (TPSA) is 97.1 Å². The Morgan fingerprint density at radius 2 is 1.96 bits per heavy atom. The van der Waals surface area contributed by atoms with Crippen molar-refractivity contribution in [2.45, 2.75) is 39.0 Å². The lowest BCUT2D eigenvalue weighted by Gasteiger charge is -2.23. The molecule has 0 aliphatic heterocycles. The molecule has 0 saturated carbocycles. The van der Waals surface area contributed by atoms with E-state index in [0.29, 0.717) is 0 Å². The second kappa shape index (κ2) is 6.47. The van der Waals surface area contributed by atoms with Gasteiger partial charge >= 0.3 is 12.1 Å². The molecule has 2 aromatic heterocycles. The molecule has 2 aromatic rings. The molecule has 7 nitrogen and oxygen atoms in total. The summed E-state index contributed by atoms with van der Waals surface area (Å²) in [6.45, 7) is 4.44. The monoisotopic (exact) mass is 376 g/mol. The predicted molar refractivity (Wildman–Crippen MR) is 82.5 cm³/mol. The number of hydrogen-bond acceptors (Lipinski definition) is 5. The molecule has 0 bridgehead atoms. The van der Waals surface area contributed by atoms with Crippen molar-refractivity contribution in [3.05, 3.63) is 33.5 Å². The summed E-state index contributed by atoms with van der Waals surface area (Å²) in [7, 11) is 0. The van der Waals surface area contributed by atoms with Crippen LogP contribution in [0.25, 0.3) is 0 Å². The zero-order valence-electron chi connectivity index (χ0n) is 13.5. The maximum atomic E-state index is 13.4. The van der Waals surface area contributed by atoms with Crippen molar-refractivity contribution >= 4 is 23.2 Å². The minimum Gasteiger partial charge on any atom is -0.476 e. The van der Waals surface area contributed by atoms with Gasteiger partial charge < -0.3 is 10.4 Å². The molecule has 0 aromatic carbocycles. The van der Waals surface area contributed by atoms with Crippen LogP contribution >= 0.6 is 11.3 Å². The van der Waals surface area contributed by atoms with Crippen molar-refractivity contribution in [2.24, 2.45) is 0 Å². The van der Waals surface area contributed by atoms with Gasteiger partial charge in [-0.15, -0.1) is 11.3 Å². The lowest BCUT2D eigenvalue weighted by molar-refractivity contribution is -0.146. The molecule has 2 heterocycles. The number of alkyl halides is 3. The van der Waals surface area contributed by atoms with Gasteiger partial charge in [0.1, 0.15) is 5.01 Å². The number of carboxylic acids is 1. The van der Waals surface area contributed by atoms with Crippen LogP contribution in [0.4, 0.5) is 13.2 Å². The van der Waals surface area contributed by atoms with Crippen LogP contribution in [0.3, 0.4) is 0 Å². The fourth-order valence-corrected chi connectivity index (χ4v) is 2.75. The van der Waals surface area contributed by atoms with Crippen LogP contribution in [-0.4, -0.2) is 31.7 Å². The fourth-order valence-electron chi connectivity index (χ4n) is 2.04. The van der Waals surface area contributed by atoms with E-state index in [-0.39, 0.29) is 17.2 Å². The number of carboxylic acid groups (broad SMARTS) is 1. The van der Waals surface area contributed by atoms with Crippen molar-refractivity contribution in [3.8, 4) is 0 Å². The van der Waals surface area contributed by atoms with Gasteiger partial charge in [0.15, 0.2) is 11.4 Å².